The van der Waals surface area contributed by atoms with Crippen LogP contribution in [0.1, 0.15) is 36.9 Å². The second-order valence-corrected chi connectivity index (χ2v) is 10.5. The van der Waals surface area contributed by atoms with Crippen LogP contribution in [0.3, 0.4) is 0 Å². The van der Waals surface area contributed by atoms with Crippen molar-refractivity contribution in [3.05, 3.63) is 54.2 Å². The van der Waals surface area contributed by atoms with Crippen molar-refractivity contribution in [3.8, 4) is 28.3 Å². The van der Waals surface area contributed by atoms with E-state index in [-0.39, 0.29) is 6.03 Å². The summed E-state index contributed by atoms with van der Waals surface area (Å²) in [5.41, 5.74) is 6.00. The minimum atomic E-state index is 0.226. The number of aromatic amines is 1. The summed E-state index contributed by atoms with van der Waals surface area (Å²) in [6.45, 7) is 4.94. The second kappa shape index (κ2) is 8.87. The van der Waals surface area contributed by atoms with Crippen LogP contribution in [0.15, 0.2) is 43.0 Å². The summed E-state index contributed by atoms with van der Waals surface area (Å²) in [5, 5.41) is 21.3. The van der Waals surface area contributed by atoms with Gasteiger partial charge in [0.25, 0.3) is 0 Å². The molecule has 3 aliphatic heterocycles. The molecule has 0 aromatic carbocycles. The van der Waals surface area contributed by atoms with E-state index in [0.29, 0.717) is 30.7 Å². The minimum absolute atomic E-state index is 0.226. The molecule has 0 spiro atoms. The van der Waals surface area contributed by atoms with Crippen molar-refractivity contribution >= 4 is 17.4 Å². The molecule has 2 bridgehead atoms. The van der Waals surface area contributed by atoms with E-state index in [1.165, 1.54) is 25.7 Å². The van der Waals surface area contributed by atoms with Gasteiger partial charge in [-0.2, -0.15) is 15.5 Å². The number of aryl methyl sites for hydroxylation is 1. The fourth-order valence-electron chi connectivity index (χ4n) is 6.46. The van der Waals surface area contributed by atoms with Gasteiger partial charge in [0, 0.05) is 78.6 Å². The van der Waals surface area contributed by atoms with Crippen LogP contribution in [0.4, 0.5) is 10.6 Å². The first kappa shape index (κ1) is 22.8. The van der Waals surface area contributed by atoms with E-state index in [1.807, 2.05) is 30.3 Å². The highest BCUT2D eigenvalue weighted by Gasteiger charge is 2.44. The number of pyridine rings is 2. The lowest BCUT2D eigenvalue weighted by atomic mass is 10.0. The summed E-state index contributed by atoms with van der Waals surface area (Å²) in [4.78, 5) is 24.4. The van der Waals surface area contributed by atoms with Gasteiger partial charge in [-0.3, -0.25) is 5.10 Å². The first-order valence-corrected chi connectivity index (χ1v) is 13.3. The van der Waals surface area contributed by atoms with Crippen LogP contribution in [-0.2, 0) is 0 Å². The summed E-state index contributed by atoms with van der Waals surface area (Å²) < 4.78 is 1.76. The lowest BCUT2D eigenvalue weighted by molar-refractivity contribution is 0.144. The molecule has 38 heavy (non-hydrogen) atoms. The Bertz CT molecular complexity index is 1540. The molecule has 1 N–H and O–H groups in total. The minimum Gasteiger partial charge on any atom is -0.353 e. The molecule has 2 amide bonds. The summed E-state index contributed by atoms with van der Waals surface area (Å²) in [6.07, 6.45) is 11.9. The van der Waals surface area contributed by atoms with E-state index < -0.39 is 0 Å². The van der Waals surface area contributed by atoms with Gasteiger partial charge in [-0.15, -0.1) is 0 Å². The molecular formula is C28H29N9O. The number of hydrogen-bond donors (Lipinski definition) is 1. The average molecular weight is 508 g/mol. The third kappa shape index (κ3) is 3.61. The highest BCUT2D eigenvalue weighted by atomic mass is 16.2. The number of hydrogen-bond acceptors (Lipinski definition) is 6. The van der Waals surface area contributed by atoms with Crippen molar-refractivity contribution in [1.82, 2.24) is 34.6 Å². The summed E-state index contributed by atoms with van der Waals surface area (Å²) >= 11 is 0. The SMILES string of the molecule is Cc1[nH]ncc1-c1cc(-c2ccc(N3CCN(C(=O)N4C5CCC4CC5)CC3)nc2)c2c(C#N)cnn2c1. The molecule has 0 saturated carbocycles. The fourth-order valence-corrected chi connectivity index (χ4v) is 6.46. The number of nitrogens with one attached hydrogen (secondary N) is 1. The maximum absolute atomic E-state index is 13.2. The summed E-state index contributed by atoms with van der Waals surface area (Å²) in [5.74, 6) is 0.897. The number of H-pyrrole nitrogens is 1. The topological polar surface area (TPSA) is 109 Å². The zero-order chi connectivity index (χ0) is 25.8. The van der Waals surface area contributed by atoms with Crippen LogP contribution in [-0.4, -0.2) is 78.9 Å². The third-order valence-electron chi connectivity index (χ3n) is 8.48. The van der Waals surface area contributed by atoms with Crippen molar-refractivity contribution in [3.63, 3.8) is 0 Å². The number of fused-ring (bicyclic) bond motifs is 3. The zero-order valence-electron chi connectivity index (χ0n) is 21.3. The molecule has 7 rings (SSSR count). The Hall–Kier alpha value is -4.39. The van der Waals surface area contributed by atoms with Crippen LogP contribution in [0.2, 0.25) is 0 Å². The standard InChI is InChI=1S/C28H29N9O/c1-18-25(16-31-33-18)20-12-24(27-21(13-29)15-32-36(27)17-20)19-2-7-26(30-14-19)34-8-10-35(11-9-34)28(38)37-22-3-4-23(37)6-5-22/h2,7,12,14-17,22-23H,3-6,8-11H2,1H3,(H,31,33). The molecular weight excluding hydrogens is 478 g/mol. The number of aromatic nitrogens is 5. The van der Waals surface area contributed by atoms with Crippen molar-refractivity contribution in [2.75, 3.05) is 31.1 Å². The molecule has 4 aromatic rings. The highest BCUT2D eigenvalue weighted by molar-refractivity contribution is 5.87. The molecule has 10 nitrogen and oxygen atoms in total. The number of carbonyl (C=O) groups is 1. The lowest BCUT2D eigenvalue weighted by Crippen LogP contribution is -2.54. The fraction of sp³-hybridized carbons (Fsp3) is 0.393. The third-order valence-corrected chi connectivity index (χ3v) is 8.48. The van der Waals surface area contributed by atoms with Gasteiger partial charge in [0.05, 0.1) is 23.5 Å². The molecule has 3 aliphatic rings. The number of amides is 2. The van der Waals surface area contributed by atoms with Gasteiger partial charge in [-0.05, 0) is 50.8 Å². The predicted molar refractivity (Wildman–Crippen MR) is 143 cm³/mol. The van der Waals surface area contributed by atoms with E-state index >= 15 is 0 Å². The Morgan fingerprint density at radius 3 is 2.39 bits per heavy atom. The van der Waals surface area contributed by atoms with Gasteiger partial charge < -0.3 is 14.7 Å². The van der Waals surface area contributed by atoms with Crippen molar-refractivity contribution in [1.29, 1.82) is 5.26 Å². The maximum atomic E-state index is 13.2. The Balaban J connectivity index is 1.12. The van der Waals surface area contributed by atoms with Gasteiger partial charge in [0.15, 0.2) is 0 Å². The normalized spacial score (nSPS) is 20.9. The largest absolute Gasteiger partial charge is 0.353 e. The molecule has 0 unspecified atom stereocenters. The molecule has 0 atom stereocenters. The lowest BCUT2D eigenvalue weighted by Gasteiger charge is -2.38. The average Bonchev–Trinajstić information content (AvgIpc) is 3.76. The van der Waals surface area contributed by atoms with Crippen LogP contribution in [0.25, 0.3) is 27.8 Å². The second-order valence-electron chi connectivity index (χ2n) is 10.5. The molecule has 10 heteroatoms. The van der Waals surface area contributed by atoms with E-state index in [1.54, 1.807) is 16.9 Å². The van der Waals surface area contributed by atoms with Gasteiger partial charge >= 0.3 is 6.03 Å². The molecule has 192 valence electrons. The Morgan fingerprint density at radius 1 is 1.00 bits per heavy atom. The number of nitriles is 1. The van der Waals surface area contributed by atoms with Gasteiger partial charge in [-0.1, -0.05) is 0 Å². The Labute approximate surface area is 220 Å². The Kier molecular flexibility index (Phi) is 5.32. The van der Waals surface area contributed by atoms with E-state index in [4.69, 9.17) is 4.98 Å². The molecule has 3 fully saturated rings. The number of carbonyl (C=O) groups excluding carboxylic acids is 1. The first-order valence-electron chi connectivity index (χ1n) is 13.3. The van der Waals surface area contributed by atoms with E-state index in [2.05, 4.69) is 43.3 Å². The van der Waals surface area contributed by atoms with Gasteiger partial charge in [0.1, 0.15) is 11.9 Å². The molecule has 4 aromatic heterocycles. The molecule has 3 saturated heterocycles. The van der Waals surface area contributed by atoms with E-state index in [0.717, 1.165) is 52.4 Å². The number of piperazine rings is 1. The van der Waals surface area contributed by atoms with Crippen LogP contribution >= 0.6 is 0 Å². The van der Waals surface area contributed by atoms with Gasteiger partial charge in [0.2, 0.25) is 0 Å². The summed E-state index contributed by atoms with van der Waals surface area (Å²) in [7, 11) is 0. The van der Waals surface area contributed by atoms with Crippen LogP contribution in [0.5, 0.6) is 0 Å². The highest BCUT2D eigenvalue weighted by Crippen LogP contribution is 2.38. The number of anilines is 1. The predicted octanol–water partition coefficient (Wildman–Crippen LogP) is 3.84. The number of rotatable bonds is 3. The van der Waals surface area contributed by atoms with E-state index in [9.17, 15) is 10.1 Å². The van der Waals surface area contributed by atoms with Gasteiger partial charge in [-0.25, -0.2) is 14.3 Å². The number of urea groups is 1. The van der Waals surface area contributed by atoms with Crippen molar-refractivity contribution in [2.24, 2.45) is 0 Å². The molecule has 7 heterocycles. The Morgan fingerprint density at radius 2 is 1.76 bits per heavy atom. The van der Waals surface area contributed by atoms with Crippen molar-refractivity contribution < 1.29 is 4.79 Å². The summed E-state index contributed by atoms with van der Waals surface area (Å²) in [6, 6.07) is 9.56. The first-order chi connectivity index (χ1) is 18.6. The smallest absolute Gasteiger partial charge is 0.320 e. The van der Waals surface area contributed by atoms with Crippen LogP contribution < -0.4 is 4.90 Å². The van der Waals surface area contributed by atoms with Crippen molar-refractivity contribution in [2.45, 2.75) is 44.7 Å². The quantitative estimate of drug-likeness (QED) is 0.451. The molecule has 0 aliphatic carbocycles. The monoisotopic (exact) mass is 507 g/mol. The maximum Gasteiger partial charge on any atom is 0.320 e. The number of nitrogens with zero attached hydrogens (tertiary/aromatic N) is 8. The zero-order valence-corrected chi connectivity index (χ0v) is 21.3. The molecule has 0 radical (unpaired) electrons. The van der Waals surface area contributed by atoms with Crippen LogP contribution in [0, 0.1) is 18.3 Å².